The van der Waals surface area contributed by atoms with Crippen LogP contribution in [0.25, 0.3) is 0 Å². The molecule has 0 saturated carbocycles. The van der Waals surface area contributed by atoms with Gasteiger partial charge in [-0.3, -0.25) is 4.79 Å². The van der Waals surface area contributed by atoms with Crippen LogP contribution in [0.15, 0.2) is 18.7 Å². The molecule has 19 heavy (non-hydrogen) atoms. The fourth-order valence-electron chi connectivity index (χ4n) is 2.19. The monoisotopic (exact) mass is 266 g/mol. The van der Waals surface area contributed by atoms with Gasteiger partial charge in [0.2, 0.25) is 0 Å². The molecule has 2 N–H and O–H groups in total. The van der Waals surface area contributed by atoms with Gasteiger partial charge >= 0.3 is 12.0 Å². The van der Waals surface area contributed by atoms with E-state index in [4.69, 9.17) is 5.11 Å². The maximum atomic E-state index is 11.9. The van der Waals surface area contributed by atoms with Crippen molar-refractivity contribution in [1.29, 1.82) is 0 Å². The number of carbonyl (C=O) groups excluding carboxylic acids is 1. The number of carboxylic acid groups (broad SMARTS) is 1. The molecule has 104 valence electrons. The number of hydrogen-bond donors (Lipinski definition) is 2. The summed E-state index contributed by atoms with van der Waals surface area (Å²) in [7, 11) is 0. The molecule has 0 spiro atoms. The van der Waals surface area contributed by atoms with E-state index in [1.165, 1.54) is 0 Å². The molecule has 2 rings (SSSR count). The molecule has 1 saturated heterocycles. The quantitative estimate of drug-likeness (QED) is 0.825. The summed E-state index contributed by atoms with van der Waals surface area (Å²) in [5.41, 5.74) is 0. The first-order valence-electron chi connectivity index (χ1n) is 6.38. The minimum atomic E-state index is -0.823. The topological polar surface area (TPSA) is 87.5 Å². The SMILES string of the molecule is O=C(O)C1CCCN(C(=O)NCCn2ccnc2)C1. The van der Waals surface area contributed by atoms with Gasteiger partial charge in [-0.25, -0.2) is 9.78 Å². The minimum Gasteiger partial charge on any atom is -0.481 e. The molecule has 1 unspecified atom stereocenters. The highest BCUT2D eigenvalue weighted by Gasteiger charge is 2.27. The Morgan fingerprint density at radius 3 is 3.00 bits per heavy atom. The van der Waals surface area contributed by atoms with E-state index in [9.17, 15) is 9.59 Å². The van der Waals surface area contributed by atoms with Gasteiger partial charge in [-0.05, 0) is 12.8 Å². The molecule has 1 aliphatic rings. The van der Waals surface area contributed by atoms with Crippen LogP contribution in [0.3, 0.4) is 0 Å². The summed E-state index contributed by atoms with van der Waals surface area (Å²) >= 11 is 0. The highest BCUT2D eigenvalue weighted by Crippen LogP contribution is 2.16. The number of nitrogens with one attached hydrogen (secondary N) is 1. The van der Waals surface area contributed by atoms with Crippen LogP contribution >= 0.6 is 0 Å². The Bertz CT molecular complexity index is 432. The molecule has 2 heterocycles. The third-order valence-electron chi connectivity index (χ3n) is 3.26. The lowest BCUT2D eigenvalue weighted by molar-refractivity contribution is -0.143. The van der Waals surface area contributed by atoms with E-state index < -0.39 is 11.9 Å². The van der Waals surface area contributed by atoms with Gasteiger partial charge in [-0.1, -0.05) is 0 Å². The number of urea groups is 1. The Kier molecular flexibility index (Phi) is 4.38. The number of likely N-dealkylation sites (tertiary alicyclic amines) is 1. The van der Waals surface area contributed by atoms with Crippen molar-refractivity contribution in [2.24, 2.45) is 5.92 Å². The fourth-order valence-corrected chi connectivity index (χ4v) is 2.19. The summed E-state index contributed by atoms with van der Waals surface area (Å²) in [6.45, 7) is 2.08. The standard InChI is InChI=1S/C12H18N4O3/c17-11(18)10-2-1-5-16(8-10)12(19)14-4-7-15-6-3-13-9-15/h3,6,9-10H,1-2,4-5,7-8H2,(H,14,19)(H,17,18). The van der Waals surface area contributed by atoms with Crippen molar-refractivity contribution < 1.29 is 14.7 Å². The molecule has 0 aliphatic carbocycles. The predicted octanol–water partition coefficient (Wildman–Crippen LogP) is 0.389. The van der Waals surface area contributed by atoms with Crippen LogP contribution in [0.4, 0.5) is 4.79 Å². The van der Waals surface area contributed by atoms with Crippen molar-refractivity contribution in [3.8, 4) is 0 Å². The molecule has 0 radical (unpaired) electrons. The van der Waals surface area contributed by atoms with Crippen molar-refractivity contribution >= 4 is 12.0 Å². The number of amides is 2. The zero-order valence-electron chi connectivity index (χ0n) is 10.7. The third kappa shape index (κ3) is 3.70. The fraction of sp³-hybridized carbons (Fsp3) is 0.583. The van der Waals surface area contributed by atoms with E-state index in [2.05, 4.69) is 10.3 Å². The van der Waals surface area contributed by atoms with Gasteiger partial charge in [0.25, 0.3) is 0 Å². The van der Waals surface area contributed by atoms with Crippen molar-refractivity contribution in [3.05, 3.63) is 18.7 Å². The van der Waals surface area contributed by atoms with Crippen molar-refractivity contribution in [2.75, 3.05) is 19.6 Å². The molecule has 0 bridgehead atoms. The number of carbonyl (C=O) groups is 2. The van der Waals surface area contributed by atoms with Crippen LogP contribution < -0.4 is 5.32 Å². The van der Waals surface area contributed by atoms with Gasteiger partial charge < -0.3 is 19.9 Å². The zero-order chi connectivity index (χ0) is 13.7. The van der Waals surface area contributed by atoms with E-state index in [0.29, 0.717) is 32.6 Å². The largest absolute Gasteiger partial charge is 0.481 e. The molecule has 1 aromatic rings. The second-order valence-electron chi connectivity index (χ2n) is 4.66. The van der Waals surface area contributed by atoms with E-state index in [-0.39, 0.29) is 6.03 Å². The molecule has 1 aromatic heterocycles. The van der Waals surface area contributed by atoms with Crippen LogP contribution in [0.1, 0.15) is 12.8 Å². The highest BCUT2D eigenvalue weighted by molar-refractivity contribution is 5.76. The molecule has 0 aromatic carbocycles. The molecule has 1 aliphatic heterocycles. The normalized spacial score (nSPS) is 19.2. The summed E-state index contributed by atoms with van der Waals surface area (Å²) < 4.78 is 1.87. The van der Waals surface area contributed by atoms with Gasteiger partial charge in [0.15, 0.2) is 0 Å². The molecule has 2 amide bonds. The number of piperidine rings is 1. The molecule has 7 nitrogen and oxygen atoms in total. The van der Waals surface area contributed by atoms with Gasteiger partial charge in [-0.15, -0.1) is 0 Å². The Morgan fingerprint density at radius 1 is 1.47 bits per heavy atom. The summed E-state index contributed by atoms with van der Waals surface area (Å²) in [5.74, 6) is -1.26. The Hall–Kier alpha value is -2.05. The summed E-state index contributed by atoms with van der Waals surface area (Å²) in [6.07, 6.45) is 6.59. The summed E-state index contributed by atoms with van der Waals surface area (Å²) in [4.78, 5) is 28.3. The van der Waals surface area contributed by atoms with Crippen molar-refractivity contribution in [1.82, 2.24) is 19.8 Å². The first-order valence-corrected chi connectivity index (χ1v) is 6.38. The first kappa shape index (κ1) is 13.4. The average Bonchev–Trinajstić information content (AvgIpc) is 2.92. The summed E-state index contributed by atoms with van der Waals surface area (Å²) in [6, 6.07) is -0.189. The summed E-state index contributed by atoms with van der Waals surface area (Å²) in [5, 5.41) is 11.8. The zero-order valence-corrected chi connectivity index (χ0v) is 10.7. The minimum absolute atomic E-state index is 0.189. The lowest BCUT2D eigenvalue weighted by atomic mass is 9.99. The van der Waals surface area contributed by atoms with Crippen LogP contribution in [0.5, 0.6) is 0 Å². The highest BCUT2D eigenvalue weighted by atomic mass is 16.4. The van der Waals surface area contributed by atoms with Crippen LogP contribution in [0.2, 0.25) is 0 Å². The van der Waals surface area contributed by atoms with E-state index >= 15 is 0 Å². The first-order chi connectivity index (χ1) is 9.16. The van der Waals surface area contributed by atoms with E-state index in [0.717, 1.165) is 6.42 Å². The van der Waals surface area contributed by atoms with Crippen molar-refractivity contribution in [2.45, 2.75) is 19.4 Å². The number of hydrogen-bond acceptors (Lipinski definition) is 3. The molecular formula is C12H18N4O3. The van der Waals surface area contributed by atoms with E-state index in [1.54, 1.807) is 17.4 Å². The lowest BCUT2D eigenvalue weighted by Crippen LogP contribution is -2.47. The predicted molar refractivity (Wildman–Crippen MR) is 67.6 cm³/mol. The van der Waals surface area contributed by atoms with Gasteiger partial charge in [0, 0.05) is 38.6 Å². The van der Waals surface area contributed by atoms with E-state index in [1.807, 2.05) is 10.8 Å². The van der Waals surface area contributed by atoms with Gasteiger partial charge in [0.1, 0.15) is 0 Å². The second-order valence-corrected chi connectivity index (χ2v) is 4.66. The van der Waals surface area contributed by atoms with Crippen LogP contribution in [-0.4, -0.2) is 51.2 Å². The van der Waals surface area contributed by atoms with Gasteiger partial charge in [-0.2, -0.15) is 0 Å². The Morgan fingerprint density at radius 2 is 2.32 bits per heavy atom. The maximum absolute atomic E-state index is 11.9. The number of aliphatic carboxylic acids is 1. The number of nitrogens with zero attached hydrogens (tertiary/aromatic N) is 3. The van der Waals surface area contributed by atoms with Crippen LogP contribution in [0, 0.1) is 5.92 Å². The number of carboxylic acids is 1. The molecule has 1 fully saturated rings. The Labute approximate surface area is 111 Å². The van der Waals surface area contributed by atoms with Crippen LogP contribution in [-0.2, 0) is 11.3 Å². The lowest BCUT2D eigenvalue weighted by Gasteiger charge is -2.30. The molecular weight excluding hydrogens is 248 g/mol. The average molecular weight is 266 g/mol. The third-order valence-corrected chi connectivity index (χ3v) is 3.26. The molecule has 1 atom stereocenters. The second kappa shape index (κ2) is 6.21. The number of rotatable bonds is 4. The smallest absolute Gasteiger partial charge is 0.317 e. The Balaban J connectivity index is 1.74. The maximum Gasteiger partial charge on any atom is 0.317 e. The molecule has 7 heteroatoms. The van der Waals surface area contributed by atoms with Gasteiger partial charge in [0.05, 0.1) is 12.2 Å². The number of aromatic nitrogens is 2. The number of imidazole rings is 1. The van der Waals surface area contributed by atoms with Crippen molar-refractivity contribution in [3.63, 3.8) is 0 Å².